The number of nitrogen functional groups attached to an aromatic ring is 1. The van der Waals surface area contributed by atoms with Crippen LogP contribution in [0, 0.1) is 5.92 Å². The number of hydrogen-bond acceptors (Lipinski definition) is 9. The quantitative estimate of drug-likeness (QED) is 0.627. The van der Waals surface area contributed by atoms with E-state index in [9.17, 15) is 4.79 Å². The molecule has 2 heterocycles. The first kappa shape index (κ1) is 20.2. The van der Waals surface area contributed by atoms with E-state index in [1.807, 2.05) is 4.90 Å². The molecule has 9 nitrogen and oxygen atoms in total. The van der Waals surface area contributed by atoms with Crippen LogP contribution in [-0.2, 0) is 19.0 Å². The van der Waals surface area contributed by atoms with E-state index >= 15 is 0 Å². The molecular formula is C17H29N5O4. The van der Waals surface area contributed by atoms with Gasteiger partial charge in [0.15, 0.2) is 11.6 Å². The molecule has 1 aromatic heterocycles. The molecule has 0 unspecified atom stereocenters. The molecule has 0 bridgehead atoms. The van der Waals surface area contributed by atoms with Crippen molar-refractivity contribution in [1.82, 2.24) is 9.97 Å². The Labute approximate surface area is 154 Å². The Bertz CT molecular complexity index is 570. The number of methoxy groups -OCH3 is 3. The van der Waals surface area contributed by atoms with Gasteiger partial charge in [-0.3, -0.25) is 4.79 Å². The number of piperidine rings is 1. The first-order valence-electron chi connectivity index (χ1n) is 8.78. The lowest BCUT2D eigenvalue weighted by atomic mass is 9.97. The number of nitrogens with zero attached hydrogens (tertiary/aromatic N) is 4. The molecule has 0 atom stereocenters. The lowest BCUT2D eigenvalue weighted by molar-refractivity contribution is -0.146. The van der Waals surface area contributed by atoms with E-state index in [2.05, 4.69) is 14.9 Å². The zero-order chi connectivity index (χ0) is 18.9. The third-order valence-corrected chi connectivity index (χ3v) is 4.60. The molecule has 0 aliphatic carbocycles. The lowest BCUT2D eigenvalue weighted by Crippen LogP contribution is -2.38. The fraction of sp³-hybridized carbons (Fsp3) is 0.706. The smallest absolute Gasteiger partial charge is 0.308 e. The Morgan fingerprint density at radius 3 is 2.35 bits per heavy atom. The van der Waals surface area contributed by atoms with Crippen molar-refractivity contribution in [1.29, 1.82) is 0 Å². The summed E-state index contributed by atoms with van der Waals surface area (Å²) >= 11 is 0. The number of carbonyl (C=O) groups is 1. The predicted molar refractivity (Wildman–Crippen MR) is 99.4 cm³/mol. The van der Waals surface area contributed by atoms with Crippen LogP contribution < -0.4 is 15.5 Å². The summed E-state index contributed by atoms with van der Waals surface area (Å²) in [6, 6.07) is 0. The minimum absolute atomic E-state index is 0.0568. The van der Waals surface area contributed by atoms with Crippen LogP contribution in [-0.4, -0.2) is 76.7 Å². The zero-order valence-corrected chi connectivity index (χ0v) is 15.8. The summed E-state index contributed by atoms with van der Waals surface area (Å²) in [5.74, 6) is 1.18. The summed E-state index contributed by atoms with van der Waals surface area (Å²) in [6.45, 7) is 3.85. The van der Waals surface area contributed by atoms with E-state index in [0.717, 1.165) is 12.8 Å². The molecule has 0 amide bonds. The van der Waals surface area contributed by atoms with Crippen LogP contribution in [0.2, 0.25) is 0 Å². The molecular weight excluding hydrogens is 338 g/mol. The van der Waals surface area contributed by atoms with Gasteiger partial charge in [0, 0.05) is 40.4 Å². The molecule has 146 valence electrons. The van der Waals surface area contributed by atoms with Gasteiger partial charge in [-0.25, -0.2) is 9.97 Å². The second-order valence-electron chi connectivity index (χ2n) is 6.19. The van der Waals surface area contributed by atoms with Gasteiger partial charge in [-0.2, -0.15) is 0 Å². The highest BCUT2D eigenvalue weighted by molar-refractivity contribution is 5.76. The number of hydrogen-bond donors (Lipinski definition) is 1. The van der Waals surface area contributed by atoms with E-state index in [1.165, 1.54) is 13.4 Å². The van der Waals surface area contributed by atoms with Crippen LogP contribution in [0.1, 0.15) is 12.8 Å². The van der Waals surface area contributed by atoms with E-state index in [4.69, 9.17) is 19.9 Å². The van der Waals surface area contributed by atoms with E-state index < -0.39 is 0 Å². The topological polar surface area (TPSA) is 103 Å². The lowest BCUT2D eigenvalue weighted by Gasteiger charge is -2.33. The Morgan fingerprint density at radius 1 is 1.19 bits per heavy atom. The highest BCUT2D eigenvalue weighted by Gasteiger charge is 2.28. The van der Waals surface area contributed by atoms with Crippen LogP contribution in [0.4, 0.5) is 17.3 Å². The van der Waals surface area contributed by atoms with Crippen LogP contribution >= 0.6 is 0 Å². The van der Waals surface area contributed by atoms with Gasteiger partial charge in [0.25, 0.3) is 0 Å². The van der Waals surface area contributed by atoms with Crippen molar-refractivity contribution in [2.24, 2.45) is 5.92 Å². The van der Waals surface area contributed by atoms with Crippen molar-refractivity contribution >= 4 is 23.3 Å². The van der Waals surface area contributed by atoms with Crippen molar-refractivity contribution in [2.45, 2.75) is 12.8 Å². The Balaban J connectivity index is 2.13. The van der Waals surface area contributed by atoms with Gasteiger partial charge in [-0.1, -0.05) is 0 Å². The van der Waals surface area contributed by atoms with E-state index in [1.54, 1.807) is 14.2 Å². The van der Waals surface area contributed by atoms with Gasteiger partial charge >= 0.3 is 5.97 Å². The Hall–Kier alpha value is -2.13. The number of anilines is 3. The SMILES string of the molecule is COCCN(CCOC)c1ncnc(N2CCC(C(=O)OC)CC2)c1N. The molecule has 0 saturated carbocycles. The molecule has 0 aromatic carbocycles. The summed E-state index contributed by atoms with van der Waals surface area (Å²) in [7, 11) is 4.75. The molecule has 9 heteroatoms. The molecule has 26 heavy (non-hydrogen) atoms. The Morgan fingerprint density at radius 2 is 1.81 bits per heavy atom. The van der Waals surface area contributed by atoms with Gasteiger partial charge < -0.3 is 29.7 Å². The monoisotopic (exact) mass is 367 g/mol. The van der Waals surface area contributed by atoms with E-state index in [0.29, 0.717) is 56.7 Å². The summed E-state index contributed by atoms with van der Waals surface area (Å²) in [5, 5.41) is 0. The number of aromatic nitrogens is 2. The molecule has 2 N–H and O–H groups in total. The zero-order valence-electron chi connectivity index (χ0n) is 15.8. The van der Waals surface area contributed by atoms with Gasteiger partial charge in [-0.05, 0) is 12.8 Å². The number of ether oxygens (including phenoxy) is 3. The molecule has 1 aromatic rings. The van der Waals surface area contributed by atoms with Crippen molar-refractivity contribution in [3.8, 4) is 0 Å². The molecule has 1 fully saturated rings. The minimum atomic E-state index is -0.147. The second-order valence-corrected chi connectivity index (χ2v) is 6.19. The van der Waals surface area contributed by atoms with Crippen molar-refractivity contribution in [2.75, 3.05) is 76.3 Å². The standard InChI is InChI=1S/C17H29N5O4/c1-24-10-8-22(9-11-25-2)16-14(18)15(19-12-20-16)21-6-4-13(5-7-21)17(23)26-3/h12-13H,4-11,18H2,1-3H3. The predicted octanol–water partition coefficient (Wildman–Crippen LogP) is 0.547. The number of carbonyl (C=O) groups excluding carboxylic acids is 1. The highest BCUT2D eigenvalue weighted by Crippen LogP contribution is 2.31. The van der Waals surface area contributed by atoms with Crippen molar-refractivity contribution in [3.05, 3.63) is 6.33 Å². The molecule has 1 saturated heterocycles. The van der Waals surface area contributed by atoms with Crippen LogP contribution in [0.25, 0.3) is 0 Å². The third kappa shape index (κ3) is 4.95. The number of esters is 1. The maximum absolute atomic E-state index is 11.7. The maximum atomic E-state index is 11.7. The first-order valence-corrected chi connectivity index (χ1v) is 8.78. The van der Waals surface area contributed by atoms with Crippen molar-refractivity contribution < 1.29 is 19.0 Å². The average Bonchev–Trinajstić information content (AvgIpc) is 2.68. The summed E-state index contributed by atoms with van der Waals surface area (Å²) < 4.78 is 15.2. The minimum Gasteiger partial charge on any atom is -0.469 e. The second kappa shape index (κ2) is 10.1. The molecule has 1 aliphatic rings. The van der Waals surface area contributed by atoms with Gasteiger partial charge in [0.2, 0.25) is 0 Å². The van der Waals surface area contributed by atoms with Crippen LogP contribution in [0.3, 0.4) is 0 Å². The van der Waals surface area contributed by atoms with Crippen molar-refractivity contribution in [3.63, 3.8) is 0 Å². The fourth-order valence-corrected chi connectivity index (χ4v) is 3.10. The normalized spacial score (nSPS) is 15.1. The van der Waals surface area contributed by atoms with Crippen LogP contribution in [0.5, 0.6) is 0 Å². The number of nitrogens with two attached hydrogens (primary N) is 1. The number of rotatable bonds is 9. The van der Waals surface area contributed by atoms with Gasteiger partial charge in [0.1, 0.15) is 12.0 Å². The van der Waals surface area contributed by atoms with E-state index in [-0.39, 0.29) is 11.9 Å². The largest absolute Gasteiger partial charge is 0.469 e. The first-order chi connectivity index (χ1) is 12.6. The fourth-order valence-electron chi connectivity index (χ4n) is 3.10. The van der Waals surface area contributed by atoms with Crippen LogP contribution in [0.15, 0.2) is 6.33 Å². The molecule has 1 aliphatic heterocycles. The molecule has 0 spiro atoms. The van der Waals surface area contributed by atoms with Gasteiger partial charge in [-0.15, -0.1) is 0 Å². The van der Waals surface area contributed by atoms with Gasteiger partial charge in [0.05, 0.1) is 26.2 Å². The molecule has 2 rings (SSSR count). The third-order valence-electron chi connectivity index (χ3n) is 4.60. The molecule has 0 radical (unpaired) electrons. The maximum Gasteiger partial charge on any atom is 0.308 e. The summed E-state index contributed by atoms with van der Waals surface area (Å²) in [6.07, 6.45) is 2.98. The highest BCUT2D eigenvalue weighted by atomic mass is 16.5. The summed E-state index contributed by atoms with van der Waals surface area (Å²) in [4.78, 5) is 24.6. The Kier molecular flexibility index (Phi) is 7.86. The average molecular weight is 367 g/mol. The summed E-state index contributed by atoms with van der Waals surface area (Å²) in [5.41, 5.74) is 6.94.